The lowest BCUT2D eigenvalue weighted by Crippen LogP contribution is -3.00. The van der Waals surface area contributed by atoms with Gasteiger partial charge in [-0.1, -0.05) is 11.6 Å². The maximum absolute atomic E-state index is 5.96. The van der Waals surface area contributed by atoms with Crippen molar-refractivity contribution in [2.24, 2.45) is 0 Å². The Morgan fingerprint density at radius 2 is 2.19 bits per heavy atom. The summed E-state index contributed by atoms with van der Waals surface area (Å²) in [5, 5.41) is 4.23. The molecular formula is C12H16Cl2NO-. The Morgan fingerprint density at radius 1 is 1.44 bits per heavy atom. The van der Waals surface area contributed by atoms with Crippen LogP contribution in [0.2, 0.25) is 5.02 Å². The standard InChI is InChI=1S/C12H16ClNO.ClH/c1-2-15-12-6-3-10(13)7-9(12)8-14-11-4-5-11;/h3,6-7,11,14H,2,4-5,8H2,1H3;1H/p-1. The summed E-state index contributed by atoms with van der Waals surface area (Å²) in [6.45, 7) is 3.53. The second kappa shape index (κ2) is 6.33. The first kappa shape index (κ1) is 13.6. The maximum atomic E-state index is 5.96. The summed E-state index contributed by atoms with van der Waals surface area (Å²) in [6.07, 6.45) is 2.59. The summed E-state index contributed by atoms with van der Waals surface area (Å²) in [6, 6.07) is 6.49. The van der Waals surface area contributed by atoms with Crippen LogP contribution in [-0.2, 0) is 6.54 Å². The maximum Gasteiger partial charge on any atom is 0.123 e. The van der Waals surface area contributed by atoms with Crippen LogP contribution in [0.5, 0.6) is 5.75 Å². The molecule has 0 aliphatic heterocycles. The molecule has 0 bridgehead atoms. The first-order valence-electron chi connectivity index (χ1n) is 5.44. The van der Waals surface area contributed by atoms with Gasteiger partial charge in [-0.3, -0.25) is 0 Å². The molecule has 1 aliphatic rings. The van der Waals surface area contributed by atoms with Gasteiger partial charge in [0.05, 0.1) is 6.61 Å². The molecule has 16 heavy (non-hydrogen) atoms. The van der Waals surface area contributed by atoms with Crippen molar-refractivity contribution in [3.63, 3.8) is 0 Å². The minimum atomic E-state index is 0. The Labute approximate surface area is 108 Å². The van der Waals surface area contributed by atoms with E-state index in [9.17, 15) is 0 Å². The summed E-state index contributed by atoms with van der Waals surface area (Å²) in [5.41, 5.74) is 1.15. The molecular weight excluding hydrogens is 245 g/mol. The summed E-state index contributed by atoms with van der Waals surface area (Å²) < 4.78 is 5.55. The van der Waals surface area contributed by atoms with Crippen LogP contribution in [0.3, 0.4) is 0 Å². The van der Waals surface area contributed by atoms with Gasteiger partial charge in [0.2, 0.25) is 0 Å². The largest absolute Gasteiger partial charge is 1.00 e. The molecule has 0 heterocycles. The van der Waals surface area contributed by atoms with E-state index in [0.717, 1.165) is 22.9 Å². The second-order valence-electron chi connectivity index (χ2n) is 3.84. The van der Waals surface area contributed by atoms with Gasteiger partial charge in [-0.25, -0.2) is 0 Å². The summed E-state index contributed by atoms with van der Waals surface area (Å²) in [5.74, 6) is 0.940. The molecule has 0 unspecified atom stereocenters. The fraction of sp³-hybridized carbons (Fsp3) is 0.500. The second-order valence-corrected chi connectivity index (χ2v) is 4.28. The van der Waals surface area contributed by atoms with Crippen molar-refractivity contribution in [2.75, 3.05) is 6.61 Å². The van der Waals surface area contributed by atoms with Crippen LogP contribution in [0.25, 0.3) is 0 Å². The van der Waals surface area contributed by atoms with E-state index in [1.165, 1.54) is 12.8 Å². The highest BCUT2D eigenvalue weighted by molar-refractivity contribution is 6.30. The number of halogens is 2. The lowest BCUT2D eigenvalue weighted by Gasteiger charge is -2.11. The monoisotopic (exact) mass is 260 g/mol. The van der Waals surface area contributed by atoms with E-state index in [-0.39, 0.29) is 12.4 Å². The minimum Gasteiger partial charge on any atom is -1.00 e. The summed E-state index contributed by atoms with van der Waals surface area (Å²) in [4.78, 5) is 0. The molecule has 1 aromatic rings. The van der Waals surface area contributed by atoms with Crippen molar-refractivity contribution in [2.45, 2.75) is 32.4 Å². The van der Waals surface area contributed by atoms with Crippen molar-refractivity contribution in [3.05, 3.63) is 28.8 Å². The molecule has 0 spiro atoms. The molecule has 1 N–H and O–H groups in total. The lowest BCUT2D eigenvalue weighted by molar-refractivity contribution is -0.00000360. The molecule has 1 aromatic carbocycles. The highest BCUT2D eigenvalue weighted by Gasteiger charge is 2.20. The molecule has 0 amide bonds. The molecule has 90 valence electrons. The van der Waals surface area contributed by atoms with Crippen LogP contribution >= 0.6 is 11.6 Å². The van der Waals surface area contributed by atoms with Crippen LogP contribution in [0.15, 0.2) is 18.2 Å². The zero-order valence-electron chi connectivity index (χ0n) is 9.30. The Kier molecular flexibility index (Phi) is 5.39. The third-order valence-electron chi connectivity index (χ3n) is 2.48. The normalized spacial score (nSPS) is 14.4. The predicted molar refractivity (Wildman–Crippen MR) is 62.5 cm³/mol. The van der Waals surface area contributed by atoms with E-state index >= 15 is 0 Å². The molecule has 0 atom stereocenters. The average molecular weight is 261 g/mol. The molecule has 2 rings (SSSR count). The van der Waals surface area contributed by atoms with Gasteiger partial charge in [-0.2, -0.15) is 0 Å². The van der Waals surface area contributed by atoms with Gasteiger partial charge in [-0.05, 0) is 38.0 Å². The van der Waals surface area contributed by atoms with Crippen molar-refractivity contribution < 1.29 is 17.1 Å². The first-order valence-corrected chi connectivity index (χ1v) is 5.82. The Balaban J connectivity index is 0.00000128. The van der Waals surface area contributed by atoms with Crippen molar-refractivity contribution in [3.8, 4) is 5.75 Å². The topological polar surface area (TPSA) is 21.3 Å². The fourth-order valence-electron chi connectivity index (χ4n) is 1.52. The van der Waals surface area contributed by atoms with E-state index in [1.54, 1.807) is 0 Å². The predicted octanol–water partition coefficient (Wildman–Crippen LogP) is -0.00530. The van der Waals surface area contributed by atoms with Crippen molar-refractivity contribution >= 4 is 11.6 Å². The van der Waals surface area contributed by atoms with Crippen LogP contribution in [0.4, 0.5) is 0 Å². The van der Waals surface area contributed by atoms with Crippen LogP contribution in [-0.4, -0.2) is 12.6 Å². The van der Waals surface area contributed by atoms with Gasteiger partial charge in [0, 0.05) is 23.2 Å². The Morgan fingerprint density at radius 3 is 2.81 bits per heavy atom. The van der Waals surface area contributed by atoms with E-state index < -0.39 is 0 Å². The smallest absolute Gasteiger partial charge is 0.123 e. The van der Waals surface area contributed by atoms with Gasteiger partial charge in [0.15, 0.2) is 0 Å². The van der Waals surface area contributed by atoms with Gasteiger partial charge in [0.1, 0.15) is 5.75 Å². The Bertz CT molecular complexity index is 340. The van der Waals surface area contributed by atoms with Crippen LogP contribution in [0.1, 0.15) is 25.3 Å². The van der Waals surface area contributed by atoms with E-state index in [1.807, 2.05) is 25.1 Å². The number of hydrogen-bond donors (Lipinski definition) is 1. The zero-order chi connectivity index (χ0) is 10.7. The Hall–Kier alpha value is -0.440. The van der Waals surface area contributed by atoms with Gasteiger partial charge >= 0.3 is 0 Å². The quantitative estimate of drug-likeness (QED) is 0.805. The molecule has 1 fully saturated rings. The van der Waals surface area contributed by atoms with Crippen LogP contribution < -0.4 is 22.5 Å². The first-order chi connectivity index (χ1) is 7.29. The molecule has 4 heteroatoms. The number of hydrogen-bond acceptors (Lipinski definition) is 2. The van der Waals surface area contributed by atoms with E-state index in [2.05, 4.69) is 5.32 Å². The average Bonchev–Trinajstić information content (AvgIpc) is 3.02. The lowest BCUT2D eigenvalue weighted by atomic mass is 10.2. The third-order valence-corrected chi connectivity index (χ3v) is 2.72. The zero-order valence-corrected chi connectivity index (χ0v) is 10.8. The fourth-order valence-corrected chi connectivity index (χ4v) is 1.72. The number of benzene rings is 1. The van der Waals surface area contributed by atoms with E-state index in [0.29, 0.717) is 12.6 Å². The van der Waals surface area contributed by atoms with Crippen LogP contribution in [0, 0.1) is 0 Å². The molecule has 0 aromatic heterocycles. The number of ether oxygens (including phenoxy) is 1. The summed E-state index contributed by atoms with van der Waals surface area (Å²) in [7, 11) is 0. The van der Waals surface area contributed by atoms with Crippen molar-refractivity contribution in [1.82, 2.24) is 5.32 Å². The number of nitrogens with one attached hydrogen (secondary N) is 1. The third kappa shape index (κ3) is 3.85. The van der Waals surface area contributed by atoms with Crippen molar-refractivity contribution in [1.29, 1.82) is 0 Å². The molecule has 2 nitrogen and oxygen atoms in total. The molecule has 1 saturated carbocycles. The molecule has 0 radical (unpaired) electrons. The number of rotatable bonds is 5. The SMILES string of the molecule is CCOc1ccc(Cl)cc1CNC1CC1.[Cl-]. The van der Waals surface area contributed by atoms with Gasteiger partial charge < -0.3 is 22.5 Å². The van der Waals surface area contributed by atoms with Gasteiger partial charge in [0.25, 0.3) is 0 Å². The van der Waals surface area contributed by atoms with Gasteiger partial charge in [-0.15, -0.1) is 0 Å². The highest BCUT2D eigenvalue weighted by atomic mass is 35.5. The molecule has 1 aliphatic carbocycles. The highest BCUT2D eigenvalue weighted by Crippen LogP contribution is 2.25. The van der Waals surface area contributed by atoms with E-state index in [4.69, 9.17) is 16.3 Å². The minimum absolute atomic E-state index is 0. The summed E-state index contributed by atoms with van der Waals surface area (Å²) >= 11 is 5.96. The molecule has 0 saturated heterocycles.